The topological polar surface area (TPSA) is 12.0 Å². The SMILES string of the molecule is CCNC(CCC(C)(C)C)Cc1c(Cl)cccc1Cl. The maximum Gasteiger partial charge on any atom is 0.0453 e. The number of rotatable bonds is 6. The Morgan fingerprint density at radius 1 is 1.16 bits per heavy atom. The van der Waals surface area contributed by atoms with Crippen molar-refractivity contribution in [3.05, 3.63) is 33.8 Å². The lowest BCUT2D eigenvalue weighted by molar-refractivity contribution is 0.330. The standard InChI is InChI=1S/C16H25Cl2N/c1-5-19-12(9-10-16(2,3)4)11-13-14(17)7-6-8-15(13)18/h6-8,12,19H,5,9-11H2,1-4H3. The molecule has 1 nitrogen and oxygen atoms in total. The van der Waals surface area contributed by atoms with Crippen molar-refractivity contribution in [3.8, 4) is 0 Å². The lowest BCUT2D eigenvalue weighted by Gasteiger charge is -2.24. The number of nitrogens with one attached hydrogen (secondary N) is 1. The van der Waals surface area contributed by atoms with Gasteiger partial charge in [0.05, 0.1) is 0 Å². The zero-order valence-corrected chi connectivity index (χ0v) is 13.9. The first-order valence-electron chi connectivity index (χ1n) is 6.99. The second kappa shape index (κ2) is 7.52. The van der Waals surface area contributed by atoms with Crippen molar-refractivity contribution in [1.82, 2.24) is 5.32 Å². The molecule has 1 N–H and O–H groups in total. The summed E-state index contributed by atoms with van der Waals surface area (Å²) in [5, 5.41) is 5.08. The average molecular weight is 302 g/mol. The van der Waals surface area contributed by atoms with Crippen molar-refractivity contribution in [1.29, 1.82) is 0 Å². The molecule has 0 amide bonds. The van der Waals surface area contributed by atoms with Crippen LogP contribution in [0.2, 0.25) is 10.0 Å². The fourth-order valence-corrected chi connectivity index (χ4v) is 2.70. The molecule has 1 aromatic rings. The minimum atomic E-state index is 0.359. The van der Waals surface area contributed by atoms with E-state index < -0.39 is 0 Å². The van der Waals surface area contributed by atoms with E-state index in [0.717, 1.165) is 35.0 Å². The van der Waals surface area contributed by atoms with Crippen molar-refractivity contribution in [2.75, 3.05) is 6.54 Å². The van der Waals surface area contributed by atoms with Crippen molar-refractivity contribution in [2.45, 2.75) is 53.0 Å². The zero-order chi connectivity index (χ0) is 14.5. The summed E-state index contributed by atoms with van der Waals surface area (Å²) in [6, 6.07) is 6.15. The quantitative estimate of drug-likeness (QED) is 0.748. The van der Waals surface area contributed by atoms with Crippen molar-refractivity contribution in [3.63, 3.8) is 0 Å². The van der Waals surface area contributed by atoms with E-state index in [4.69, 9.17) is 23.2 Å². The van der Waals surface area contributed by atoms with Gasteiger partial charge in [-0.1, -0.05) is 57.0 Å². The molecular weight excluding hydrogens is 277 g/mol. The third-order valence-corrected chi connectivity index (χ3v) is 3.96. The molecule has 0 saturated carbocycles. The molecule has 1 unspecified atom stereocenters. The maximum absolute atomic E-state index is 6.25. The molecule has 0 aliphatic carbocycles. The Morgan fingerprint density at radius 2 is 1.74 bits per heavy atom. The summed E-state index contributed by atoms with van der Waals surface area (Å²) in [5.41, 5.74) is 1.42. The summed E-state index contributed by atoms with van der Waals surface area (Å²) in [5.74, 6) is 0. The van der Waals surface area contributed by atoms with Gasteiger partial charge in [-0.2, -0.15) is 0 Å². The van der Waals surface area contributed by atoms with E-state index in [1.807, 2.05) is 18.2 Å². The highest BCUT2D eigenvalue weighted by atomic mass is 35.5. The van der Waals surface area contributed by atoms with Crippen LogP contribution in [0.25, 0.3) is 0 Å². The molecule has 0 aromatic heterocycles. The molecule has 0 aliphatic heterocycles. The first-order valence-corrected chi connectivity index (χ1v) is 7.75. The van der Waals surface area contributed by atoms with Crippen molar-refractivity contribution >= 4 is 23.2 Å². The average Bonchev–Trinajstić information content (AvgIpc) is 2.30. The van der Waals surface area contributed by atoms with Crippen molar-refractivity contribution < 1.29 is 0 Å². The van der Waals surface area contributed by atoms with Gasteiger partial charge in [0.1, 0.15) is 0 Å². The van der Waals surface area contributed by atoms with Crippen molar-refractivity contribution in [2.24, 2.45) is 5.41 Å². The van der Waals surface area contributed by atoms with Gasteiger partial charge in [-0.05, 0) is 48.9 Å². The van der Waals surface area contributed by atoms with Gasteiger partial charge in [-0.3, -0.25) is 0 Å². The van der Waals surface area contributed by atoms with E-state index >= 15 is 0 Å². The summed E-state index contributed by atoms with van der Waals surface area (Å²) in [6.07, 6.45) is 3.22. The van der Waals surface area contributed by atoms with E-state index in [-0.39, 0.29) is 0 Å². The smallest absolute Gasteiger partial charge is 0.0453 e. The minimum absolute atomic E-state index is 0.359. The van der Waals surface area contributed by atoms with E-state index in [1.54, 1.807) is 0 Å². The Labute approximate surface area is 127 Å². The predicted octanol–water partition coefficient (Wildman–Crippen LogP) is 5.34. The van der Waals surface area contributed by atoms with Gasteiger partial charge in [0.15, 0.2) is 0 Å². The summed E-state index contributed by atoms with van der Waals surface area (Å²) in [4.78, 5) is 0. The Kier molecular flexibility index (Phi) is 6.65. The molecule has 1 atom stereocenters. The van der Waals surface area contributed by atoms with Gasteiger partial charge >= 0.3 is 0 Å². The number of benzene rings is 1. The van der Waals surface area contributed by atoms with Gasteiger partial charge in [-0.25, -0.2) is 0 Å². The minimum Gasteiger partial charge on any atom is -0.314 e. The molecule has 0 fully saturated rings. The van der Waals surface area contributed by atoms with E-state index in [9.17, 15) is 0 Å². The number of halogens is 2. The molecule has 1 aromatic carbocycles. The zero-order valence-electron chi connectivity index (χ0n) is 12.4. The van der Waals surface area contributed by atoms with Gasteiger partial charge in [-0.15, -0.1) is 0 Å². The van der Waals surface area contributed by atoms with Crippen LogP contribution in [-0.2, 0) is 6.42 Å². The fraction of sp³-hybridized carbons (Fsp3) is 0.625. The molecule has 19 heavy (non-hydrogen) atoms. The van der Waals surface area contributed by atoms with Gasteiger partial charge < -0.3 is 5.32 Å². The number of hydrogen-bond acceptors (Lipinski definition) is 1. The Bertz CT molecular complexity index is 376. The normalized spacial score (nSPS) is 13.6. The summed E-state index contributed by atoms with van der Waals surface area (Å²) < 4.78 is 0. The molecule has 0 saturated heterocycles. The molecule has 0 heterocycles. The monoisotopic (exact) mass is 301 g/mol. The molecule has 0 bridgehead atoms. The highest BCUT2D eigenvalue weighted by molar-refractivity contribution is 6.35. The molecule has 0 spiro atoms. The lowest BCUT2D eigenvalue weighted by Crippen LogP contribution is -2.32. The Balaban J connectivity index is 2.72. The van der Waals surface area contributed by atoms with Gasteiger partial charge in [0.25, 0.3) is 0 Å². The van der Waals surface area contributed by atoms with Gasteiger partial charge in [0.2, 0.25) is 0 Å². The van der Waals surface area contributed by atoms with Crippen LogP contribution in [0.15, 0.2) is 18.2 Å². The molecule has 0 aliphatic rings. The molecular formula is C16H25Cl2N. The summed E-state index contributed by atoms with van der Waals surface area (Å²) in [6.45, 7) is 9.94. The first-order chi connectivity index (χ1) is 8.83. The lowest BCUT2D eigenvalue weighted by atomic mass is 9.87. The van der Waals surface area contributed by atoms with Crippen LogP contribution in [0.1, 0.15) is 46.1 Å². The van der Waals surface area contributed by atoms with E-state index in [1.165, 1.54) is 6.42 Å². The van der Waals surface area contributed by atoms with Crippen LogP contribution in [0.5, 0.6) is 0 Å². The molecule has 3 heteroatoms. The van der Waals surface area contributed by atoms with E-state index in [2.05, 4.69) is 33.0 Å². The highest BCUT2D eigenvalue weighted by Gasteiger charge is 2.17. The molecule has 0 radical (unpaired) electrons. The predicted molar refractivity (Wildman–Crippen MR) is 86.3 cm³/mol. The summed E-state index contributed by atoms with van der Waals surface area (Å²) in [7, 11) is 0. The number of hydrogen-bond donors (Lipinski definition) is 1. The fourth-order valence-electron chi connectivity index (χ4n) is 2.15. The van der Waals surface area contributed by atoms with Crippen LogP contribution in [0, 0.1) is 5.41 Å². The number of likely N-dealkylation sites (N-methyl/N-ethyl adjacent to an activating group) is 1. The maximum atomic E-state index is 6.25. The Hall–Kier alpha value is -0.240. The van der Waals surface area contributed by atoms with Crippen LogP contribution in [-0.4, -0.2) is 12.6 Å². The third kappa shape index (κ3) is 6.16. The Morgan fingerprint density at radius 3 is 2.21 bits per heavy atom. The largest absolute Gasteiger partial charge is 0.314 e. The first kappa shape index (κ1) is 16.8. The second-order valence-electron chi connectivity index (χ2n) is 6.26. The molecule has 1 rings (SSSR count). The van der Waals surface area contributed by atoms with Crippen LogP contribution in [0.4, 0.5) is 0 Å². The van der Waals surface area contributed by atoms with Crippen LogP contribution in [0.3, 0.4) is 0 Å². The van der Waals surface area contributed by atoms with Gasteiger partial charge in [0, 0.05) is 16.1 Å². The third-order valence-electron chi connectivity index (χ3n) is 3.25. The van der Waals surface area contributed by atoms with Crippen LogP contribution >= 0.6 is 23.2 Å². The van der Waals surface area contributed by atoms with Crippen LogP contribution < -0.4 is 5.32 Å². The summed E-state index contributed by atoms with van der Waals surface area (Å²) >= 11 is 12.5. The van der Waals surface area contributed by atoms with E-state index in [0.29, 0.717) is 11.5 Å². The highest BCUT2D eigenvalue weighted by Crippen LogP contribution is 2.28. The molecule has 108 valence electrons. The second-order valence-corrected chi connectivity index (χ2v) is 7.07.